The lowest BCUT2D eigenvalue weighted by atomic mass is 9.86. The average molecular weight is 381 g/mol. The molecule has 3 rings (SSSR count). The molecule has 0 fully saturated rings. The van der Waals surface area contributed by atoms with E-state index in [1.54, 1.807) is 4.90 Å². The van der Waals surface area contributed by atoms with Crippen LogP contribution in [0.4, 0.5) is 5.69 Å². The second-order valence-corrected chi connectivity index (χ2v) is 7.63. The summed E-state index contributed by atoms with van der Waals surface area (Å²) in [5, 5.41) is 11.2. The van der Waals surface area contributed by atoms with Crippen LogP contribution in [0.1, 0.15) is 42.0 Å². The lowest BCUT2D eigenvalue weighted by molar-refractivity contribution is -0.141. The van der Waals surface area contributed by atoms with Crippen molar-refractivity contribution in [2.75, 3.05) is 18.1 Å². The first-order valence-electron chi connectivity index (χ1n) is 9.58. The molecule has 2 aromatic rings. The second kappa shape index (κ2) is 7.76. The van der Waals surface area contributed by atoms with Crippen molar-refractivity contribution in [1.29, 1.82) is 0 Å². The van der Waals surface area contributed by atoms with Gasteiger partial charge < -0.3 is 14.7 Å². The van der Waals surface area contributed by atoms with E-state index in [4.69, 9.17) is 4.74 Å². The van der Waals surface area contributed by atoms with Gasteiger partial charge in [0, 0.05) is 18.5 Å². The zero-order valence-electron chi connectivity index (χ0n) is 16.9. The molecule has 28 heavy (non-hydrogen) atoms. The molecule has 1 heterocycles. The summed E-state index contributed by atoms with van der Waals surface area (Å²) in [6.07, 6.45) is 0.405. The third kappa shape index (κ3) is 3.67. The Morgan fingerprint density at radius 1 is 1.07 bits per heavy atom. The molecule has 1 N–H and O–H groups in total. The number of carbonyl (C=O) groups excluding carboxylic acids is 2. The van der Waals surface area contributed by atoms with E-state index in [0.717, 1.165) is 22.6 Å². The zero-order valence-corrected chi connectivity index (χ0v) is 16.9. The number of benzene rings is 2. The number of ketones is 1. The molecule has 1 unspecified atom stereocenters. The molecule has 5 nitrogen and oxygen atoms in total. The molecule has 1 amide bonds. The predicted octanol–water partition coefficient (Wildman–Crippen LogP) is 3.59. The van der Waals surface area contributed by atoms with E-state index in [2.05, 4.69) is 0 Å². The normalized spacial score (nSPS) is 18.3. The smallest absolute Gasteiger partial charge is 0.264 e. The fraction of sp³-hybridized carbons (Fsp3) is 0.391. The topological polar surface area (TPSA) is 66.8 Å². The van der Waals surface area contributed by atoms with Crippen LogP contribution in [0.2, 0.25) is 0 Å². The van der Waals surface area contributed by atoms with Crippen molar-refractivity contribution in [3.05, 3.63) is 58.7 Å². The van der Waals surface area contributed by atoms with Crippen LogP contribution in [0, 0.1) is 20.8 Å². The highest BCUT2D eigenvalue weighted by Crippen LogP contribution is 2.46. The maximum atomic E-state index is 13.1. The maximum Gasteiger partial charge on any atom is 0.264 e. The fourth-order valence-electron chi connectivity index (χ4n) is 3.88. The number of anilines is 1. The lowest BCUT2D eigenvalue weighted by Crippen LogP contribution is -2.42. The van der Waals surface area contributed by atoms with Crippen molar-refractivity contribution < 1.29 is 19.4 Å². The van der Waals surface area contributed by atoms with Crippen LogP contribution >= 0.6 is 0 Å². The summed E-state index contributed by atoms with van der Waals surface area (Å²) in [6.45, 7) is 8.07. The van der Waals surface area contributed by atoms with Gasteiger partial charge >= 0.3 is 0 Å². The molecule has 0 bridgehead atoms. The standard InChI is InChI=1S/C23H27NO4/c1-15-6-10-19(11-7-15)28-13-5-12-24-21-17(3)9-8-16(2)20(21)23(27,22(24)26)14-18(4)25/h6-11,27H,5,12-14H2,1-4H3. The number of Topliss-reactive ketones (excluding diaryl/α,β-unsaturated/α-hetero) is 1. The Labute approximate surface area is 165 Å². The zero-order chi connectivity index (χ0) is 20.5. The molecule has 0 radical (unpaired) electrons. The van der Waals surface area contributed by atoms with E-state index >= 15 is 0 Å². The van der Waals surface area contributed by atoms with Crippen molar-refractivity contribution in [1.82, 2.24) is 0 Å². The van der Waals surface area contributed by atoms with E-state index in [9.17, 15) is 14.7 Å². The van der Waals surface area contributed by atoms with Gasteiger partial charge in [0.1, 0.15) is 11.5 Å². The van der Waals surface area contributed by atoms with Gasteiger partial charge in [0.15, 0.2) is 5.60 Å². The minimum absolute atomic E-state index is 0.209. The van der Waals surface area contributed by atoms with Crippen LogP contribution in [0.5, 0.6) is 5.75 Å². The maximum absolute atomic E-state index is 13.1. The number of rotatable bonds is 7. The van der Waals surface area contributed by atoms with Gasteiger partial charge in [-0.1, -0.05) is 29.8 Å². The first-order chi connectivity index (χ1) is 13.2. The molecule has 148 valence electrons. The van der Waals surface area contributed by atoms with E-state index in [-0.39, 0.29) is 12.2 Å². The van der Waals surface area contributed by atoms with Crippen molar-refractivity contribution in [2.24, 2.45) is 0 Å². The molecule has 5 heteroatoms. The number of fused-ring (bicyclic) bond motifs is 1. The van der Waals surface area contributed by atoms with Gasteiger partial charge in [-0.3, -0.25) is 9.59 Å². The highest BCUT2D eigenvalue weighted by atomic mass is 16.5. The second-order valence-electron chi connectivity index (χ2n) is 7.63. The third-order valence-corrected chi connectivity index (χ3v) is 5.19. The number of aryl methyl sites for hydroxylation is 3. The van der Waals surface area contributed by atoms with Crippen LogP contribution in [0.3, 0.4) is 0 Å². The van der Waals surface area contributed by atoms with Crippen LogP contribution in [0.15, 0.2) is 36.4 Å². The summed E-state index contributed by atoms with van der Waals surface area (Å²) in [6, 6.07) is 11.6. The fourth-order valence-corrected chi connectivity index (χ4v) is 3.88. The summed E-state index contributed by atoms with van der Waals surface area (Å²) in [4.78, 5) is 26.5. The summed E-state index contributed by atoms with van der Waals surface area (Å²) in [5.74, 6) is 0.150. The molecule has 1 atom stereocenters. The first kappa shape index (κ1) is 20.1. The molecular formula is C23H27NO4. The minimum atomic E-state index is -1.78. The number of aliphatic hydroxyl groups is 1. The van der Waals surface area contributed by atoms with Crippen LogP contribution in [-0.2, 0) is 15.2 Å². The molecule has 2 aromatic carbocycles. The van der Waals surface area contributed by atoms with Gasteiger partial charge in [-0.25, -0.2) is 0 Å². The van der Waals surface area contributed by atoms with E-state index in [0.29, 0.717) is 25.1 Å². The van der Waals surface area contributed by atoms with Crippen molar-refractivity contribution in [3.63, 3.8) is 0 Å². The Morgan fingerprint density at radius 3 is 2.36 bits per heavy atom. The predicted molar refractivity (Wildman–Crippen MR) is 109 cm³/mol. The highest BCUT2D eigenvalue weighted by molar-refractivity contribution is 6.09. The van der Waals surface area contributed by atoms with Crippen molar-refractivity contribution in [2.45, 2.75) is 46.1 Å². The monoisotopic (exact) mass is 381 g/mol. The Bertz CT molecular complexity index is 904. The molecule has 1 aliphatic rings. The van der Waals surface area contributed by atoms with Crippen molar-refractivity contribution >= 4 is 17.4 Å². The molecule has 0 saturated carbocycles. The van der Waals surface area contributed by atoms with Crippen LogP contribution in [0.25, 0.3) is 0 Å². The van der Waals surface area contributed by atoms with Gasteiger partial charge in [0.25, 0.3) is 5.91 Å². The molecular weight excluding hydrogens is 354 g/mol. The summed E-state index contributed by atoms with van der Waals surface area (Å²) in [7, 11) is 0. The number of nitrogens with zero attached hydrogens (tertiary/aromatic N) is 1. The number of hydrogen-bond donors (Lipinski definition) is 1. The van der Waals surface area contributed by atoms with Gasteiger partial charge in [-0.05, 0) is 57.4 Å². The third-order valence-electron chi connectivity index (χ3n) is 5.19. The Hall–Kier alpha value is -2.66. The van der Waals surface area contributed by atoms with Crippen molar-refractivity contribution in [3.8, 4) is 5.75 Å². The largest absolute Gasteiger partial charge is 0.494 e. The number of hydrogen-bond acceptors (Lipinski definition) is 4. The van der Waals surface area contributed by atoms with Gasteiger partial charge in [0.05, 0.1) is 12.3 Å². The SMILES string of the molecule is CC(=O)CC1(O)C(=O)N(CCCOc2ccc(C)cc2)c2c(C)ccc(C)c21. The minimum Gasteiger partial charge on any atom is -0.494 e. The van der Waals surface area contributed by atoms with Gasteiger partial charge in [-0.2, -0.15) is 0 Å². The quantitative estimate of drug-likeness (QED) is 0.744. The Balaban J connectivity index is 1.78. The van der Waals surface area contributed by atoms with Crippen LogP contribution in [-0.4, -0.2) is 29.9 Å². The Morgan fingerprint density at radius 2 is 1.71 bits per heavy atom. The van der Waals surface area contributed by atoms with E-state index < -0.39 is 11.5 Å². The molecule has 0 aromatic heterocycles. The highest BCUT2D eigenvalue weighted by Gasteiger charge is 2.51. The number of ether oxygens (including phenoxy) is 1. The molecule has 1 aliphatic heterocycles. The van der Waals surface area contributed by atoms with E-state index in [1.807, 2.05) is 57.2 Å². The average Bonchev–Trinajstić information content (AvgIpc) is 2.85. The first-order valence-corrected chi connectivity index (χ1v) is 9.58. The summed E-state index contributed by atoms with van der Waals surface area (Å²) >= 11 is 0. The number of carbonyl (C=O) groups is 2. The molecule has 0 aliphatic carbocycles. The molecule has 0 saturated heterocycles. The summed E-state index contributed by atoms with van der Waals surface area (Å²) in [5.41, 5.74) is 2.40. The van der Waals surface area contributed by atoms with Gasteiger partial charge in [0.2, 0.25) is 0 Å². The molecule has 0 spiro atoms. The Kier molecular flexibility index (Phi) is 5.57. The van der Waals surface area contributed by atoms with Gasteiger partial charge in [-0.15, -0.1) is 0 Å². The number of amides is 1. The van der Waals surface area contributed by atoms with Crippen LogP contribution < -0.4 is 9.64 Å². The lowest BCUT2D eigenvalue weighted by Gasteiger charge is -2.22. The summed E-state index contributed by atoms with van der Waals surface area (Å²) < 4.78 is 5.76. The van der Waals surface area contributed by atoms with E-state index in [1.165, 1.54) is 12.5 Å².